The monoisotopic (exact) mass is 247 g/mol. The Morgan fingerprint density at radius 1 is 1.41 bits per heavy atom. The summed E-state index contributed by atoms with van der Waals surface area (Å²) in [4.78, 5) is 15.3. The quantitative estimate of drug-likeness (QED) is 0.606. The van der Waals surface area contributed by atoms with Crippen molar-refractivity contribution < 1.29 is 22.7 Å². The number of hydrogen-bond acceptors (Lipinski definition) is 3. The predicted molar refractivity (Wildman–Crippen MR) is 54.5 cm³/mol. The number of esters is 1. The Morgan fingerprint density at radius 2 is 2.12 bits per heavy atom. The molecule has 0 atom stereocenters. The van der Waals surface area contributed by atoms with Gasteiger partial charge < -0.3 is 4.74 Å². The van der Waals surface area contributed by atoms with Gasteiger partial charge in [0.2, 0.25) is 0 Å². The van der Waals surface area contributed by atoms with E-state index in [4.69, 9.17) is 0 Å². The molecule has 6 heteroatoms. The van der Waals surface area contributed by atoms with E-state index in [0.717, 1.165) is 0 Å². The molecule has 0 radical (unpaired) electrons. The van der Waals surface area contributed by atoms with Gasteiger partial charge in [0.15, 0.2) is 0 Å². The van der Waals surface area contributed by atoms with E-state index >= 15 is 0 Å². The first-order valence-corrected chi connectivity index (χ1v) is 5.06. The fourth-order valence-corrected chi connectivity index (χ4v) is 1.17. The molecule has 0 saturated carbocycles. The first kappa shape index (κ1) is 13.5. The summed E-state index contributed by atoms with van der Waals surface area (Å²) < 4.78 is 40.1. The molecule has 0 fully saturated rings. The molecule has 0 amide bonds. The molecule has 0 N–H and O–H groups in total. The van der Waals surface area contributed by atoms with Crippen molar-refractivity contribution >= 4 is 5.97 Å². The van der Waals surface area contributed by atoms with Crippen LogP contribution in [0.2, 0.25) is 0 Å². The van der Waals surface area contributed by atoms with Crippen LogP contribution in [0.4, 0.5) is 13.2 Å². The highest BCUT2D eigenvalue weighted by atomic mass is 19.4. The van der Waals surface area contributed by atoms with Crippen molar-refractivity contribution in [3.8, 4) is 0 Å². The maximum atomic E-state index is 11.8. The fraction of sp³-hybridized carbons (Fsp3) is 0.455. The van der Waals surface area contributed by atoms with E-state index in [0.29, 0.717) is 5.69 Å². The molecule has 0 unspecified atom stereocenters. The number of pyridine rings is 1. The van der Waals surface area contributed by atoms with E-state index in [1.807, 2.05) is 0 Å². The van der Waals surface area contributed by atoms with Crippen LogP contribution in [-0.2, 0) is 4.74 Å². The number of aromatic nitrogens is 1. The Hall–Kier alpha value is -1.59. The van der Waals surface area contributed by atoms with Crippen LogP contribution >= 0.6 is 0 Å². The number of hydrogen-bond donors (Lipinski definition) is 0. The second kappa shape index (κ2) is 5.65. The van der Waals surface area contributed by atoms with Gasteiger partial charge in [-0.15, -0.1) is 0 Å². The summed E-state index contributed by atoms with van der Waals surface area (Å²) in [5.41, 5.74) is 0.756. The SMILES string of the molecule is Cc1cccc(C(=O)OCCCC(F)(F)F)n1. The van der Waals surface area contributed by atoms with Gasteiger partial charge in [0.05, 0.1) is 6.61 Å². The molecule has 1 aromatic rings. The average Bonchev–Trinajstić information content (AvgIpc) is 2.23. The molecule has 0 aliphatic carbocycles. The number of carbonyl (C=O) groups excluding carboxylic acids is 1. The summed E-state index contributed by atoms with van der Waals surface area (Å²) in [7, 11) is 0. The molecule has 0 aromatic carbocycles. The number of rotatable bonds is 4. The minimum absolute atomic E-state index is 0.108. The van der Waals surface area contributed by atoms with Gasteiger partial charge in [0, 0.05) is 12.1 Å². The molecule has 1 aromatic heterocycles. The Balaban J connectivity index is 2.36. The Morgan fingerprint density at radius 3 is 2.71 bits per heavy atom. The third kappa shape index (κ3) is 5.33. The highest BCUT2D eigenvalue weighted by molar-refractivity contribution is 5.87. The minimum atomic E-state index is -4.21. The Bertz CT molecular complexity index is 391. The van der Waals surface area contributed by atoms with E-state index in [1.165, 1.54) is 6.07 Å². The van der Waals surface area contributed by atoms with Crippen molar-refractivity contribution in [1.29, 1.82) is 0 Å². The standard InChI is InChI=1S/C11H12F3NO2/c1-8-4-2-5-9(15-8)10(16)17-7-3-6-11(12,13)14/h2,4-5H,3,6-7H2,1H3. The van der Waals surface area contributed by atoms with E-state index in [-0.39, 0.29) is 18.7 Å². The number of nitrogens with zero attached hydrogens (tertiary/aromatic N) is 1. The fourth-order valence-electron chi connectivity index (χ4n) is 1.17. The third-order valence-electron chi connectivity index (χ3n) is 1.94. The van der Waals surface area contributed by atoms with Crippen LogP contribution in [0, 0.1) is 6.92 Å². The number of carbonyl (C=O) groups is 1. The molecule has 1 heterocycles. The Kier molecular flexibility index (Phi) is 4.48. The lowest BCUT2D eigenvalue weighted by atomic mass is 10.3. The van der Waals surface area contributed by atoms with Crippen LogP contribution in [0.25, 0.3) is 0 Å². The lowest BCUT2D eigenvalue weighted by Crippen LogP contribution is -2.12. The lowest BCUT2D eigenvalue weighted by molar-refractivity contribution is -0.137. The molecule has 0 aliphatic rings. The molecule has 0 spiro atoms. The lowest BCUT2D eigenvalue weighted by Gasteiger charge is -2.07. The molecule has 0 bridgehead atoms. The largest absolute Gasteiger partial charge is 0.461 e. The molecule has 0 aliphatic heterocycles. The highest BCUT2D eigenvalue weighted by Crippen LogP contribution is 2.21. The van der Waals surface area contributed by atoms with Crippen molar-refractivity contribution in [2.75, 3.05) is 6.61 Å². The van der Waals surface area contributed by atoms with Crippen LogP contribution in [0.1, 0.15) is 29.0 Å². The zero-order valence-electron chi connectivity index (χ0n) is 9.25. The summed E-state index contributed by atoms with van der Waals surface area (Å²) in [6.45, 7) is 1.45. The van der Waals surface area contributed by atoms with Gasteiger partial charge in [-0.25, -0.2) is 9.78 Å². The zero-order chi connectivity index (χ0) is 12.9. The Labute approximate surface area is 96.6 Å². The van der Waals surface area contributed by atoms with E-state index < -0.39 is 18.6 Å². The summed E-state index contributed by atoms with van der Waals surface area (Å²) >= 11 is 0. The third-order valence-corrected chi connectivity index (χ3v) is 1.94. The molecule has 3 nitrogen and oxygen atoms in total. The van der Waals surface area contributed by atoms with E-state index in [9.17, 15) is 18.0 Å². The zero-order valence-corrected chi connectivity index (χ0v) is 9.25. The maximum Gasteiger partial charge on any atom is 0.389 e. The second-order valence-electron chi connectivity index (χ2n) is 3.52. The molecular formula is C11H12F3NO2. The van der Waals surface area contributed by atoms with Gasteiger partial charge >= 0.3 is 12.1 Å². The van der Waals surface area contributed by atoms with Crippen molar-refractivity contribution in [2.45, 2.75) is 25.9 Å². The van der Waals surface area contributed by atoms with Gasteiger partial charge in [-0.05, 0) is 25.5 Å². The van der Waals surface area contributed by atoms with Crippen LogP contribution in [0.15, 0.2) is 18.2 Å². The molecule has 17 heavy (non-hydrogen) atoms. The van der Waals surface area contributed by atoms with Crippen LogP contribution in [0.3, 0.4) is 0 Å². The van der Waals surface area contributed by atoms with Crippen molar-refractivity contribution in [2.24, 2.45) is 0 Å². The van der Waals surface area contributed by atoms with E-state index in [1.54, 1.807) is 19.1 Å². The number of ether oxygens (including phenoxy) is 1. The topological polar surface area (TPSA) is 39.2 Å². The molecule has 94 valence electrons. The van der Waals surface area contributed by atoms with Crippen molar-refractivity contribution in [1.82, 2.24) is 4.98 Å². The molecule has 1 rings (SSSR count). The van der Waals surface area contributed by atoms with E-state index in [2.05, 4.69) is 9.72 Å². The summed E-state index contributed by atoms with van der Waals surface area (Å²) in [5, 5.41) is 0. The van der Waals surface area contributed by atoms with Gasteiger partial charge in [-0.3, -0.25) is 0 Å². The number of aryl methyl sites for hydroxylation is 1. The van der Waals surface area contributed by atoms with Gasteiger partial charge in [0.1, 0.15) is 5.69 Å². The minimum Gasteiger partial charge on any atom is -0.461 e. The maximum absolute atomic E-state index is 11.8. The predicted octanol–water partition coefficient (Wildman–Crippen LogP) is 2.89. The first-order valence-electron chi connectivity index (χ1n) is 5.06. The smallest absolute Gasteiger partial charge is 0.389 e. The number of halogens is 3. The van der Waals surface area contributed by atoms with Crippen LogP contribution < -0.4 is 0 Å². The van der Waals surface area contributed by atoms with Gasteiger partial charge in [-0.1, -0.05) is 6.07 Å². The summed E-state index contributed by atoms with van der Waals surface area (Å²) in [6, 6.07) is 4.80. The van der Waals surface area contributed by atoms with Crippen molar-refractivity contribution in [3.05, 3.63) is 29.6 Å². The second-order valence-corrected chi connectivity index (χ2v) is 3.52. The van der Waals surface area contributed by atoms with Crippen LogP contribution in [0.5, 0.6) is 0 Å². The molecule has 0 saturated heterocycles. The molecular weight excluding hydrogens is 235 g/mol. The number of alkyl halides is 3. The van der Waals surface area contributed by atoms with Crippen LogP contribution in [-0.4, -0.2) is 23.7 Å². The average molecular weight is 247 g/mol. The normalized spacial score (nSPS) is 11.3. The highest BCUT2D eigenvalue weighted by Gasteiger charge is 2.26. The van der Waals surface area contributed by atoms with Gasteiger partial charge in [0.25, 0.3) is 0 Å². The summed E-state index contributed by atoms with van der Waals surface area (Å²) in [6.07, 6.45) is -5.41. The van der Waals surface area contributed by atoms with Crippen molar-refractivity contribution in [3.63, 3.8) is 0 Å². The summed E-state index contributed by atoms with van der Waals surface area (Å²) in [5.74, 6) is -0.698. The first-order chi connectivity index (χ1) is 7.88. The van der Waals surface area contributed by atoms with Gasteiger partial charge in [-0.2, -0.15) is 13.2 Å².